The number of fused-ring (bicyclic) bond motifs is 1. The van der Waals surface area contributed by atoms with Crippen LogP contribution in [-0.2, 0) is 11.3 Å². The number of hydrogen-bond donors (Lipinski definition) is 1. The molecule has 0 atom stereocenters. The summed E-state index contributed by atoms with van der Waals surface area (Å²) < 4.78 is 19.8. The van der Waals surface area contributed by atoms with E-state index in [0.29, 0.717) is 42.8 Å². The SMILES string of the molecule is Cc1c(-c2nc(-c3ccc(F)cc3)no2)sc2ncn(CC(=O)Nc3cccc(Cl)c3)c(=O)c12. The first-order chi connectivity index (χ1) is 16.4. The van der Waals surface area contributed by atoms with E-state index in [1.54, 1.807) is 43.3 Å². The quantitative estimate of drug-likeness (QED) is 0.371. The summed E-state index contributed by atoms with van der Waals surface area (Å²) >= 11 is 7.18. The number of rotatable bonds is 5. The lowest BCUT2D eigenvalue weighted by atomic mass is 10.2. The number of benzene rings is 2. The van der Waals surface area contributed by atoms with E-state index in [1.165, 1.54) is 34.4 Å². The lowest BCUT2D eigenvalue weighted by molar-refractivity contribution is -0.116. The number of thiophene rings is 1. The highest BCUT2D eigenvalue weighted by atomic mass is 35.5. The highest BCUT2D eigenvalue weighted by Crippen LogP contribution is 2.35. The van der Waals surface area contributed by atoms with Crippen LogP contribution in [-0.4, -0.2) is 25.6 Å². The van der Waals surface area contributed by atoms with Crippen LogP contribution in [0.15, 0.2) is 64.2 Å². The van der Waals surface area contributed by atoms with E-state index in [2.05, 4.69) is 20.4 Å². The van der Waals surface area contributed by atoms with E-state index in [1.807, 2.05) is 0 Å². The molecule has 3 aromatic heterocycles. The maximum Gasteiger partial charge on any atom is 0.268 e. The van der Waals surface area contributed by atoms with Gasteiger partial charge < -0.3 is 9.84 Å². The summed E-state index contributed by atoms with van der Waals surface area (Å²) in [6, 6.07) is 12.5. The highest BCUT2D eigenvalue weighted by Gasteiger charge is 2.21. The fourth-order valence-electron chi connectivity index (χ4n) is 3.43. The van der Waals surface area contributed by atoms with Crippen molar-refractivity contribution in [2.24, 2.45) is 0 Å². The van der Waals surface area contributed by atoms with E-state index >= 15 is 0 Å². The zero-order chi connectivity index (χ0) is 23.8. The molecule has 0 spiro atoms. The van der Waals surface area contributed by atoms with Gasteiger partial charge in [0.15, 0.2) is 0 Å². The molecule has 0 aliphatic heterocycles. The second-order valence-corrected chi connectivity index (χ2v) is 8.84. The Morgan fingerprint density at radius 2 is 2.03 bits per heavy atom. The van der Waals surface area contributed by atoms with Gasteiger partial charge in [-0.2, -0.15) is 4.98 Å². The average Bonchev–Trinajstić information content (AvgIpc) is 3.41. The van der Waals surface area contributed by atoms with Gasteiger partial charge in [0.2, 0.25) is 11.7 Å². The smallest absolute Gasteiger partial charge is 0.268 e. The number of amides is 1. The first-order valence-electron chi connectivity index (χ1n) is 10.0. The molecule has 0 aliphatic rings. The number of aromatic nitrogens is 4. The van der Waals surface area contributed by atoms with Crippen molar-refractivity contribution in [3.8, 4) is 22.2 Å². The first-order valence-corrected chi connectivity index (χ1v) is 11.2. The summed E-state index contributed by atoms with van der Waals surface area (Å²) in [5, 5.41) is 7.53. The molecule has 170 valence electrons. The molecule has 11 heteroatoms. The number of carbonyl (C=O) groups is 1. The molecule has 3 heterocycles. The van der Waals surface area contributed by atoms with Crippen molar-refractivity contribution in [1.29, 1.82) is 0 Å². The topological polar surface area (TPSA) is 103 Å². The van der Waals surface area contributed by atoms with Crippen LogP contribution in [0, 0.1) is 12.7 Å². The van der Waals surface area contributed by atoms with Crippen molar-refractivity contribution >= 4 is 44.7 Å². The molecule has 0 saturated heterocycles. The van der Waals surface area contributed by atoms with Crippen molar-refractivity contribution in [2.75, 3.05) is 5.32 Å². The van der Waals surface area contributed by atoms with Crippen LogP contribution in [0.4, 0.5) is 10.1 Å². The van der Waals surface area contributed by atoms with Crippen LogP contribution < -0.4 is 10.9 Å². The summed E-state index contributed by atoms with van der Waals surface area (Å²) in [7, 11) is 0. The van der Waals surface area contributed by atoms with Crippen LogP contribution in [0.2, 0.25) is 5.02 Å². The van der Waals surface area contributed by atoms with Crippen LogP contribution in [0.5, 0.6) is 0 Å². The molecule has 34 heavy (non-hydrogen) atoms. The minimum Gasteiger partial charge on any atom is -0.333 e. The average molecular weight is 496 g/mol. The molecule has 0 bridgehead atoms. The fourth-order valence-corrected chi connectivity index (χ4v) is 4.68. The third-order valence-electron chi connectivity index (χ3n) is 5.06. The number of anilines is 1. The monoisotopic (exact) mass is 495 g/mol. The summed E-state index contributed by atoms with van der Waals surface area (Å²) in [5.41, 5.74) is 1.39. The molecule has 0 saturated carbocycles. The Morgan fingerprint density at radius 3 is 2.79 bits per heavy atom. The van der Waals surface area contributed by atoms with Crippen LogP contribution in [0.25, 0.3) is 32.4 Å². The van der Waals surface area contributed by atoms with Gasteiger partial charge in [0, 0.05) is 16.3 Å². The van der Waals surface area contributed by atoms with Crippen molar-refractivity contribution in [3.63, 3.8) is 0 Å². The van der Waals surface area contributed by atoms with Crippen LogP contribution in [0.3, 0.4) is 0 Å². The van der Waals surface area contributed by atoms with Crippen molar-refractivity contribution in [1.82, 2.24) is 19.7 Å². The molecule has 8 nitrogen and oxygen atoms in total. The number of nitrogens with one attached hydrogen (secondary N) is 1. The molecule has 0 fully saturated rings. The van der Waals surface area contributed by atoms with E-state index in [4.69, 9.17) is 16.1 Å². The maximum atomic E-state index is 13.2. The second-order valence-electron chi connectivity index (χ2n) is 7.40. The molecule has 1 amide bonds. The standard InChI is InChI=1S/C23H15ClFN5O3S/c1-12-18-22(34-19(12)21-28-20(29-33-21)13-5-7-15(25)8-6-13)26-11-30(23(18)32)10-17(31)27-16-4-2-3-14(24)9-16/h2-9,11H,10H2,1H3,(H,27,31). The minimum atomic E-state index is -0.389. The Bertz CT molecular complexity index is 1590. The molecule has 5 rings (SSSR count). The predicted molar refractivity (Wildman–Crippen MR) is 127 cm³/mol. The lowest BCUT2D eigenvalue weighted by Gasteiger charge is -2.07. The Kier molecular flexibility index (Phi) is 5.68. The number of nitrogens with zero attached hydrogens (tertiary/aromatic N) is 4. The fraction of sp³-hybridized carbons (Fsp3) is 0.0870. The van der Waals surface area contributed by atoms with Crippen molar-refractivity contribution in [2.45, 2.75) is 13.5 Å². The van der Waals surface area contributed by atoms with E-state index in [0.717, 1.165) is 0 Å². The largest absolute Gasteiger partial charge is 0.333 e. The van der Waals surface area contributed by atoms with E-state index in [9.17, 15) is 14.0 Å². The molecule has 0 aliphatic carbocycles. The predicted octanol–water partition coefficient (Wildman–Crippen LogP) is 4.91. The van der Waals surface area contributed by atoms with Gasteiger partial charge in [-0.15, -0.1) is 11.3 Å². The van der Waals surface area contributed by atoms with Crippen molar-refractivity contribution < 1.29 is 13.7 Å². The number of carbonyl (C=O) groups excluding carboxylic acids is 1. The molecule has 2 aromatic carbocycles. The Hall–Kier alpha value is -3.89. The van der Waals surface area contributed by atoms with Crippen LogP contribution >= 0.6 is 22.9 Å². The second kappa shape index (κ2) is 8.81. The third-order valence-corrected chi connectivity index (χ3v) is 6.49. The van der Waals surface area contributed by atoms with E-state index < -0.39 is 0 Å². The normalized spacial score (nSPS) is 11.1. The van der Waals surface area contributed by atoms with Gasteiger partial charge in [0.25, 0.3) is 11.4 Å². The molecule has 5 aromatic rings. The molecular weight excluding hydrogens is 481 g/mol. The highest BCUT2D eigenvalue weighted by molar-refractivity contribution is 7.22. The van der Waals surface area contributed by atoms with Gasteiger partial charge in [0.05, 0.1) is 16.6 Å². The zero-order valence-electron chi connectivity index (χ0n) is 17.6. The minimum absolute atomic E-state index is 0.214. The zero-order valence-corrected chi connectivity index (χ0v) is 19.2. The molecule has 0 unspecified atom stereocenters. The maximum absolute atomic E-state index is 13.2. The molecule has 0 radical (unpaired) electrons. The lowest BCUT2D eigenvalue weighted by Crippen LogP contribution is -2.27. The van der Waals surface area contributed by atoms with Gasteiger partial charge in [-0.1, -0.05) is 22.8 Å². The first kappa shape index (κ1) is 21.9. The number of aryl methyl sites for hydroxylation is 1. The summed E-state index contributed by atoms with van der Waals surface area (Å²) in [5.74, 6) is -0.227. The van der Waals surface area contributed by atoms with Gasteiger partial charge in [-0.25, -0.2) is 9.37 Å². The Balaban J connectivity index is 1.44. The Labute approximate surface area is 200 Å². The summed E-state index contributed by atoms with van der Waals surface area (Å²) in [6.07, 6.45) is 1.33. The van der Waals surface area contributed by atoms with Gasteiger partial charge >= 0.3 is 0 Å². The van der Waals surface area contributed by atoms with Gasteiger partial charge in [0.1, 0.15) is 17.2 Å². The summed E-state index contributed by atoms with van der Waals surface area (Å²) in [6.45, 7) is 1.55. The Morgan fingerprint density at radius 1 is 1.24 bits per heavy atom. The number of halogens is 2. The summed E-state index contributed by atoms with van der Waals surface area (Å²) in [4.78, 5) is 35.4. The molecule has 1 N–H and O–H groups in total. The third kappa shape index (κ3) is 4.20. The van der Waals surface area contributed by atoms with Crippen molar-refractivity contribution in [3.05, 3.63) is 81.6 Å². The number of hydrogen-bond acceptors (Lipinski definition) is 7. The molecular formula is C23H15ClFN5O3S. The van der Waals surface area contributed by atoms with Crippen LogP contribution in [0.1, 0.15) is 5.56 Å². The van der Waals surface area contributed by atoms with Gasteiger partial charge in [-0.05, 0) is 55.0 Å². The van der Waals surface area contributed by atoms with E-state index in [-0.39, 0.29) is 29.7 Å². The van der Waals surface area contributed by atoms with Gasteiger partial charge in [-0.3, -0.25) is 14.2 Å².